The van der Waals surface area contributed by atoms with E-state index in [0.717, 1.165) is 11.2 Å². The molecule has 0 heterocycles. The molecule has 0 saturated heterocycles. The first kappa shape index (κ1) is 13.5. The molecule has 14 heavy (non-hydrogen) atoms. The first-order chi connectivity index (χ1) is 6.79. The molecule has 0 spiro atoms. The fourth-order valence-electron chi connectivity index (χ4n) is 1.42. The SMILES string of the molecule is CC(C)CSSSSC1CCCCC1. The molecule has 1 rings (SSSR count). The zero-order valence-electron chi connectivity index (χ0n) is 9.03. The van der Waals surface area contributed by atoms with E-state index in [1.165, 1.54) is 37.9 Å². The lowest BCUT2D eigenvalue weighted by molar-refractivity contribution is 0.517. The van der Waals surface area contributed by atoms with Gasteiger partial charge in [0, 0.05) is 11.0 Å². The molecule has 0 aliphatic heterocycles. The molecule has 0 amide bonds. The number of hydrogen-bond acceptors (Lipinski definition) is 4. The van der Waals surface area contributed by atoms with Crippen molar-refractivity contribution in [2.75, 3.05) is 5.75 Å². The van der Waals surface area contributed by atoms with Gasteiger partial charge < -0.3 is 0 Å². The van der Waals surface area contributed by atoms with Gasteiger partial charge in [0.2, 0.25) is 0 Å². The van der Waals surface area contributed by atoms with Crippen LogP contribution in [0, 0.1) is 5.92 Å². The molecule has 0 atom stereocenters. The highest BCUT2D eigenvalue weighted by Crippen LogP contribution is 2.47. The molecule has 1 saturated carbocycles. The summed E-state index contributed by atoms with van der Waals surface area (Å²) in [4.78, 5) is 0. The Balaban J connectivity index is 1.87. The Morgan fingerprint density at radius 2 is 1.79 bits per heavy atom. The van der Waals surface area contributed by atoms with Crippen LogP contribution in [0.3, 0.4) is 0 Å². The van der Waals surface area contributed by atoms with E-state index in [1.807, 2.05) is 30.4 Å². The van der Waals surface area contributed by atoms with Gasteiger partial charge in [-0.2, -0.15) is 0 Å². The molecule has 4 heteroatoms. The smallest absolute Gasteiger partial charge is 0.0159 e. The highest BCUT2D eigenvalue weighted by atomic mass is 33.7. The van der Waals surface area contributed by atoms with Crippen LogP contribution >= 0.6 is 41.2 Å². The van der Waals surface area contributed by atoms with Crippen molar-refractivity contribution in [1.82, 2.24) is 0 Å². The fourth-order valence-corrected chi connectivity index (χ4v) is 8.63. The highest BCUT2D eigenvalue weighted by molar-refractivity contribution is 9.26. The van der Waals surface area contributed by atoms with Crippen molar-refractivity contribution in [2.45, 2.75) is 51.2 Å². The summed E-state index contributed by atoms with van der Waals surface area (Å²) in [6, 6.07) is 0. The predicted molar refractivity (Wildman–Crippen MR) is 76.9 cm³/mol. The van der Waals surface area contributed by atoms with Gasteiger partial charge in [-0.1, -0.05) is 54.7 Å². The minimum Gasteiger partial charge on any atom is -0.0815 e. The lowest BCUT2D eigenvalue weighted by atomic mass is 10.0. The molecule has 0 N–H and O–H groups in total. The van der Waals surface area contributed by atoms with Crippen LogP contribution in [-0.4, -0.2) is 11.0 Å². The summed E-state index contributed by atoms with van der Waals surface area (Å²) in [5.41, 5.74) is 0. The predicted octanol–water partition coefficient (Wildman–Crippen LogP) is 5.65. The van der Waals surface area contributed by atoms with E-state index in [4.69, 9.17) is 0 Å². The molecule has 1 aliphatic carbocycles. The lowest BCUT2D eigenvalue weighted by Gasteiger charge is -2.19. The summed E-state index contributed by atoms with van der Waals surface area (Å²) in [5, 5.41) is 0.945. The van der Waals surface area contributed by atoms with E-state index in [9.17, 15) is 0 Å². The average Bonchev–Trinajstić information content (AvgIpc) is 2.18. The number of hydrogen-bond donors (Lipinski definition) is 0. The molecule has 1 fully saturated rings. The Morgan fingerprint density at radius 3 is 2.43 bits per heavy atom. The minimum atomic E-state index is 0.827. The van der Waals surface area contributed by atoms with Crippen LogP contribution in [0.15, 0.2) is 0 Å². The van der Waals surface area contributed by atoms with E-state index in [2.05, 4.69) is 24.6 Å². The Hall–Kier alpha value is 1.40. The van der Waals surface area contributed by atoms with Gasteiger partial charge in [0.25, 0.3) is 0 Å². The molecule has 1 aliphatic rings. The summed E-state index contributed by atoms with van der Waals surface area (Å²) < 4.78 is 0. The van der Waals surface area contributed by atoms with Crippen LogP contribution in [0.1, 0.15) is 46.0 Å². The first-order valence-corrected chi connectivity index (χ1v) is 10.5. The topological polar surface area (TPSA) is 0 Å². The lowest BCUT2D eigenvalue weighted by Crippen LogP contribution is -2.05. The van der Waals surface area contributed by atoms with Gasteiger partial charge in [0.1, 0.15) is 0 Å². The highest BCUT2D eigenvalue weighted by Gasteiger charge is 2.13. The van der Waals surface area contributed by atoms with E-state index in [-0.39, 0.29) is 0 Å². The zero-order chi connectivity index (χ0) is 10.2. The molecule has 0 radical (unpaired) electrons. The van der Waals surface area contributed by atoms with Crippen molar-refractivity contribution >= 4 is 41.2 Å². The second-order valence-corrected chi connectivity index (χ2v) is 10.4. The summed E-state index contributed by atoms with van der Waals surface area (Å²) in [6.07, 6.45) is 7.29. The van der Waals surface area contributed by atoms with E-state index >= 15 is 0 Å². The quantitative estimate of drug-likeness (QED) is 0.450. The maximum Gasteiger partial charge on any atom is 0.0159 e. The van der Waals surface area contributed by atoms with Crippen molar-refractivity contribution < 1.29 is 0 Å². The first-order valence-electron chi connectivity index (χ1n) is 5.40. The van der Waals surface area contributed by atoms with Gasteiger partial charge >= 0.3 is 0 Å². The van der Waals surface area contributed by atoms with Crippen LogP contribution in [-0.2, 0) is 0 Å². The van der Waals surface area contributed by atoms with Crippen molar-refractivity contribution in [2.24, 2.45) is 5.92 Å². The maximum absolute atomic E-state index is 2.28. The van der Waals surface area contributed by atoms with Gasteiger partial charge in [-0.25, -0.2) is 0 Å². The van der Waals surface area contributed by atoms with Gasteiger partial charge in [-0.15, -0.1) is 0 Å². The summed E-state index contributed by atoms with van der Waals surface area (Å²) in [5.74, 6) is 2.11. The normalized spacial score (nSPS) is 19.1. The Labute approximate surface area is 104 Å². The molecule has 84 valence electrons. The third kappa shape index (κ3) is 6.81. The fraction of sp³-hybridized carbons (Fsp3) is 1.00. The van der Waals surface area contributed by atoms with Crippen LogP contribution in [0.25, 0.3) is 0 Å². The monoisotopic (exact) mass is 268 g/mol. The van der Waals surface area contributed by atoms with Crippen LogP contribution in [0.5, 0.6) is 0 Å². The third-order valence-electron chi connectivity index (χ3n) is 2.20. The molecule has 0 unspecified atom stereocenters. The molecular formula is C10H20S4. The molecule has 0 aromatic carbocycles. The summed E-state index contributed by atoms with van der Waals surface area (Å²) in [7, 11) is 8.09. The molecule has 0 aromatic rings. The van der Waals surface area contributed by atoms with E-state index in [0.29, 0.717) is 0 Å². The second-order valence-electron chi connectivity index (χ2n) is 4.17. The van der Waals surface area contributed by atoms with Gasteiger partial charge in [0.15, 0.2) is 0 Å². The average molecular weight is 269 g/mol. The molecule has 0 nitrogen and oxygen atoms in total. The van der Waals surface area contributed by atoms with Gasteiger partial charge in [0.05, 0.1) is 0 Å². The largest absolute Gasteiger partial charge is 0.0815 e. The second kappa shape index (κ2) is 8.54. The van der Waals surface area contributed by atoms with Crippen molar-refractivity contribution in [3.05, 3.63) is 0 Å². The Morgan fingerprint density at radius 1 is 1.07 bits per heavy atom. The number of rotatable bonds is 6. The third-order valence-corrected chi connectivity index (χ3v) is 9.47. The van der Waals surface area contributed by atoms with Crippen molar-refractivity contribution in [1.29, 1.82) is 0 Å². The molecular weight excluding hydrogens is 248 g/mol. The maximum atomic E-state index is 2.28. The van der Waals surface area contributed by atoms with Gasteiger partial charge in [-0.05, 0) is 38.4 Å². The van der Waals surface area contributed by atoms with E-state index < -0.39 is 0 Å². The summed E-state index contributed by atoms with van der Waals surface area (Å²) in [6.45, 7) is 4.57. The molecule has 0 aromatic heterocycles. The van der Waals surface area contributed by atoms with Crippen LogP contribution in [0.2, 0.25) is 0 Å². The van der Waals surface area contributed by atoms with Crippen molar-refractivity contribution in [3.63, 3.8) is 0 Å². The Bertz CT molecular complexity index is 132. The van der Waals surface area contributed by atoms with Crippen LogP contribution in [0.4, 0.5) is 0 Å². The zero-order valence-corrected chi connectivity index (χ0v) is 12.3. The Kier molecular flexibility index (Phi) is 8.21. The standard InChI is InChI=1S/C10H20S4/c1-9(2)8-11-13-14-12-10-6-4-3-5-7-10/h9-10H,3-8H2,1-2H3. The van der Waals surface area contributed by atoms with Gasteiger partial charge in [-0.3, -0.25) is 0 Å². The molecule has 0 bridgehead atoms. The van der Waals surface area contributed by atoms with E-state index in [1.54, 1.807) is 0 Å². The van der Waals surface area contributed by atoms with Crippen LogP contribution < -0.4 is 0 Å². The van der Waals surface area contributed by atoms with Crippen molar-refractivity contribution in [3.8, 4) is 0 Å². The minimum absolute atomic E-state index is 0.827. The summed E-state index contributed by atoms with van der Waals surface area (Å²) >= 11 is 0.